The van der Waals surface area contributed by atoms with Gasteiger partial charge in [-0.2, -0.15) is 0 Å². The number of amides is 1. The van der Waals surface area contributed by atoms with Gasteiger partial charge in [0.1, 0.15) is 5.82 Å². The zero-order chi connectivity index (χ0) is 15.2. The lowest BCUT2D eigenvalue weighted by molar-refractivity contribution is 0.0780. The Hall–Kier alpha value is -1.42. The summed E-state index contributed by atoms with van der Waals surface area (Å²) in [5, 5.41) is 0. The summed E-state index contributed by atoms with van der Waals surface area (Å²) in [5.74, 6) is -0.269. The molecule has 2 saturated heterocycles. The summed E-state index contributed by atoms with van der Waals surface area (Å²) in [5.41, 5.74) is 0.587. The van der Waals surface area contributed by atoms with Crippen molar-refractivity contribution in [2.24, 2.45) is 0 Å². The molecule has 0 N–H and O–H groups in total. The SMILES string of the molecule is CC.O=C(c1ccc(F)cc1)N1CCC(N2CCCC2)C1. The second-order valence-corrected chi connectivity index (χ2v) is 5.44. The van der Waals surface area contributed by atoms with Gasteiger partial charge in [-0.05, 0) is 56.6 Å². The average molecular weight is 292 g/mol. The minimum atomic E-state index is -0.298. The van der Waals surface area contributed by atoms with E-state index in [1.807, 2.05) is 18.7 Å². The number of carbonyl (C=O) groups excluding carboxylic acids is 1. The molecule has 1 aromatic rings. The zero-order valence-corrected chi connectivity index (χ0v) is 13.0. The third-order valence-corrected chi connectivity index (χ3v) is 4.20. The summed E-state index contributed by atoms with van der Waals surface area (Å²) in [4.78, 5) is 16.7. The van der Waals surface area contributed by atoms with Crippen LogP contribution >= 0.6 is 0 Å². The van der Waals surface area contributed by atoms with E-state index in [9.17, 15) is 9.18 Å². The number of hydrogen-bond acceptors (Lipinski definition) is 2. The van der Waals surface area contributed by atoms with Crippen LogP contribution in [0.5, 0.6) is 0 Å². The van der Waals surface area contributed by atoms with Crippen molar-refractivity contribution in [3.8, 4) is 0 Å². The van der Waals surface area contributed by atoms with Crippen molar-refractivity contribution in [2.75, 3.05) is 26.2 Å². The minimum Gasteiger partial charge on any atom is -0.337 e. The Balaban J connectivity index is 0.000000774. The lowest BCUT2D eigenvalue weighted by Gasteiger charge is -2.23. The van der Waals surface area contributed by atoms with E-state index in [-0.39, 0.29) is 11.7 Å². The van der Waals surface area contributed by atoms with E-state index in [4.69, 9.17) is 0 Å². The van der Waals surface area contributed by atoms with Crippen molar-refractivity contribution >= 4 is 5.91 Å². The van der Waals surface area contributed by atoms with Gasteiger partial charge in [0.15, 0.2) is 0 Å². The van der Waals surface area contributed by atoms with Crippen molar-refractivity contribution in [2.45, 2.75) is 39.2 Å². The molecule has 2 heterocycles. The highest BCUT2D eigenvalue weighted by molar-refractivity contribution is 5.94. The van der Waals surface area contributed by atoms with Crippen molar-refractivity contribution in [3.63, 3.8) is 0 Å². The third-order valence-electron chi connectivity index (χ3n) is 4.20. The molecule has 3 nitrogen and oxygen atoms in total. The van der Waals surface area contributed by atoms with E-state index >= 15 is 0 Å². The molecule has 21 heavy (non-hydrogen) atoms. The highest BCUT2D eigenvalue weighted by Crippen LogP contribution is 2.21. The molecule has 2 aliphatic rings. The summed E-state index contributed by atoms with van der Waals surface area (Å²) in [6, 6.07) is 6.36. The van der Waals surface area contributed by atoms with Crippen molar-refractivity contribution < 1.29 is 9.18 Å². The van der Waals surface area contributed by atoms with Crippen LogP contribution < -0.4 is 0 Å². The van der Waals surface area contributed by atoms with E-state index in [0.717, 1.165) is 19.5 Å². The van der Waals surface area contributed by atoms with Gasteiger partial charge in [-0.25, -0.2) is 4.39 Å². The second-order valence-electron chi connectivity index (χ2n) is 5.44. The van der Waals surface area contributed by atoms with Gasteiger partial charge in [0.2, 0.25) is 0 Å². The first-order valence-corrected chi connectivity index (χ1v) is 8.03. The number of rotatable bonds is 2. The highest BCUT2D eigenvalue weighted by Gasteiger charge is 2.31. The van der Waals surface area contributed by atoms with Crippen molar-refractivity contribution in [1.82, 2.24) is 9.80 Å². The molecule has 1 amide bonds. The molecule has 0 spiro atoms. The Morgan fingerprint density at radius 2 is 1.71 bits per heavy atom. The Bertz CT molecular complexity index is 454. The molecular formula is C17H25FN2O. The molecule has 0 saturated carbocycles. The fourth-order valence-corrected chi connectivity index (χ4v) is 3.11. The number of likely N-dealkylation sites (tertiary alicyclic amines) is 2. The molecule has 4 heteroatoms. The first-order chi connectivity index (χ1) is 10.2. The van der Waals surface area contributed by atoms with Gasteiger partial charge in [-0.15, -0.1) is 0 Å². The van der Waals surface area contributed by atoms with Gasteiger partial charge in [-0.3, -0.25) is 9.69 Å². The minimum absolute atomic E-state index is 0.0293. The number of nitrogens with zero attached hydrogens (tertiary/aromatic N) is 2. The molecule has 1 aromatic carbocycles. The van der Waals surface area contributed by atoms with E-state index in [1.165, 1.54) is 38.1 Å². The van der Waals surface area contributed by atoms with Crippen LogP contribution in [-0.4, -0.2) is 47.9 Å². The normalized spacial score (nSPS) is 22.0. The molecule has 2 aliphatic heterocycles. The van der Waals surface area contributed by atoms with Crippen LogP contribution in [0.15, 0.2) is 24.3 Å². The standard InChI is InChI=1S/C15H19FN2O.C2H6/c16-13-5-3-12(4-6-13)15(19)18-10-7-14(11-18)17-8-1-2-9-17;1-2/h3-6,14H,1-2,7-11H2;1-2H3. The number of benzene rings is 1. The van der Waals surface area contributed by atoms with E-state index < -0.39 is 0 Å². The molecule has 1 unspecified atom stereocenters. The molecule has 0 bridgehead atoms. The van der Waals surface area contributed by atoms with Crippen LogP contribution in [0.3, 0.4) is 0 Å². The van der Waals surface area contributed by atoms with E-state index in [0.29, 0.717) is 11.6 Å². The quantitative estimate of drug-likeness (QED) is 0.836. The average Bonchev–Trinajstić information content (AvgIpc) is 3.20. The number of halogens is 1. The highest BCUT2D eigenvalue weighted by atomic mass is 19.1. The van der Waals surface area contributed by atoms with Crippen LogP contribution in [-0.2, 0) is 0 Å². The van der Waals surface area contributed by atoms with Gasteiger partial charge in [0.25, 0.3) is 5.91 Å². The van der Waals surface area contributed by atoms with Gasteiger partial charge in [0.05, 0.1) is 0 Å². The summed E-state index contributed by atoms with van der Waals surface area (Å²) >= 11 is 0. The maximum absolute atomic E-state index is 12.9. The Labute approximate surface area is 126 Å². The van der Waals surface area contributed by atoms with Gasteiger partial charge < -0.3 is 4.90 Å². The smallest absolute Gasteiger partial charge is 0.253 e. The van der Waals surface area contributed by atoms with Gasteiger partial charge in [0, 0.05) is 24.7 Å². The molecule has 116 valence electrons. The lowest BCUT2D eigenvalue weighted by Crippen LogP contribution is -2.37. The largest absolute Gasteiger partial charge is 0.337 e. The Morgan fingerprint density at radius 1 is 1.10 bits per heavy atom. The first-order valence-electron chi connectivity index (χ1n) is 8.03. The van der Waals surface area contributed by atoms with E-state index in [2.05, 4.69) is 4.90 Å². The van der Waals surface area contributed by atoms with E-state index in [1.54, 1.807) is 12.1 Å². The fourth-order valence-electron chi connectivity index (χ4n) is 3.11. The Kier molecular flexibility index (Phi) is 5.74. The maximum atomic E-state index is 12.9. The monoisotopic (exact) mass is 292 g/mol. The molecule has 1 atom stereocenters. The summed E-state index contributed by atoms with van der Waals surface area (Å²) in [7, 11) is 0. The van der Waals surface area contributed by atoms with Crippen LogP contribution in [0.1, 0.15) is 43.5 Å². The van der Waals surface area contributed by atoms with Gasteiger partial charge >= 0.3 is 0 Å². The first kappa shape index (κ1) is 16.0. The summed E-state index contributed by atoms with van der Waals surface area (Å²) in [6.45, 7) is 7.97. The van der Waals surface area contributed by atoms with Crippen LogP contribution in [0, 0.1) is 5.82 Å². The third kappa shape index (κ3) is 3.82. The maximum Gasteiger partial charge on any atom is 0.253 e. The van der Waals surface area contributed by atoms with Crippen molar-refractivity contribution in [3.05, 3.63) is 35.6 Å². The Morgan fingerprint density at radius 3 is 2.33 bits per heavy atom. The summed E-state index contributed by atoms with van der Waals surface area (Å²) in [6.07, 6.45) is 3.62. The number of carbonyl (C=O) groups is 1. The molecule has 3 rings (SSSR count). The zero-order valence-electron chi connectivity index (χ0n) is 13.0. The van der Waals surface area contributed by atoms with Crippen LogP contribution in [0.2, 0.25) is 0 Å². The predicted octanol–water partition coefficient (Wildman–Crippen LogP) is 3.16. The molecule has 0 radical (unpaired) electrons. The second kappa shape index (κ2) is 7.55. The molecule has 2 fully saturated rings. The van der Waals surface area contributed by atoms with Crippen LogP contribution in [0.4, 0.5) is 4.39 Å². The topological polar surface area (TPSA) is 23.6 Å². The summed E-state index contributed by atoms with van der Waals surface area (Å²) < 4.78 is 12.9. The van der Waals surface area contributed by atoms with Crippen LogP contribution in [0.25, 0.3) is 0 Å². The van der Waals surface area contributed by atoms with Crippen molar-refractivity contribution in [1.29, 1.82) is 0 Å². The molecular weight excluding hydrogens is 267 g/mol. The number of hydrogen-bond donors (Lipinski definition) is 0. The predicted molar refractivity (Wildman–Crippen MR) is 82.9 cm³/mol. The fraction of sp³-hybridized carbons (Fsp3) is 0.588. The molecule has 0 aromatic heterocycles. The van der Waals surface area contributed by atoms with Gasteiger partial charge in [-0.1, -0.05) is 13.8 Å². The molecule has 0 aliphatic carbocycles. The lowest BCUT2D eigenvalue weighted by atomic mass is 10.2.